The lowest BCUT2D eigenvalue weighted by atomic mass is 9.85. The van der Waals surface area contributed by atoms with Crippen molar-refractivity contribution in [3.63, 3.8) is 0 Å². The van der Waals surface area contributed by atoms with Gasteiger partial charge in [0.05, 0.1) is 18.0 Å². The number of unbranched alkanes of at least 4 members (excludes halogenated alkanes) is 1. The molecule has 3 aromatic heterocycles. The first kappa shape index (κ1) is 31.7. The Kier molecular flexibility index (Phi) is 10.3. The summed E-state index contributed by atoms with van der Waals surface area (Å²) in [5.41, 5.74) is 0.935. The lowest BCUT2D eigenvalue weighted by Crippen LogP contribution is -2.44. The Hall–Kier alpha value is -2.27. The first-order chi connectivity index (χ1) is 19.4. The predicted octanol–water partition coefficient (Wildman–Crippen LogP) is 4.38. The fraction of sp³-hybridized carbons (Fsp3) is 0.615. The molecule has 1 aliphatic heterocycles. The van der Waals surface area contributed by atoms with E-state index in [-0.39, 0.29) is 39.5 Å². The summed E-state index contributed by atoms with van der Waals surface area (Å²) in [7, 11) is -1.68. The number of hydrogen-bond acceptors (Lipinski definition) is 12. The molecule has 1 unspecified atom stereocenters. The molecule has 1 aliphatic rings. The van der Waals surface area contributed by atoms with Crippen LogP contribution in [0.2, 0.25) is 0 Å². The van der Waals surface area contributed by atoms with Crippen molar-refractivity contribution < 1.29 is 22.5 Å². The van der Waals surface area contributed by atoms with E-state index in [9.17, 15) is 18.1 Å². The fourth-order valence-electron chi connectivity index (χ4n) is 4.70. The molecular formula is C26H41N7O5S3. The normalized spacial score (nSPS) is 16.7. The smallest absolute Gasteiger partial charge is 0.253 e. The maximum atomic E-state index is 12.4. The highest BCUT2D eigenvalue weighted by Gasteiger charge is 2.33. The Morgan fingerprint density at radius 2 is 1.90 bits per heavy atom. The number of hydrogen-bond donors (Lipinski definition) is 4. The first-order valence-corrected chi connectivity index (χ1v) is 17.2. The van der Waals surface area contributed by atoms with Gasteiger partial charge in [0.15, 0.2) is 21.1 Å². The maximum Gasteiger partial charge on any atom is 0.253 e. The second kappa shape index (κ2) is 13.4. The minimum Gasteiger partial charge on any atom is -0.546 e. The number of nitrogens with one attached hydrogen (secondary N) is 3. The predicted molar refractivity (Wildman–Crippen MR) is 162 cm³/mol. The Bertz CT molecular complexity index is 1390. The highest BCUT2D eigenvalue weighted by molar-refractivity contribution is 7.91. The van der Waals surface area contributed by atoms with Gasteiger partial charge >= 0.3 is 0 Å². The van der Waals surface area contributed by atoms with Crippen molar-refractivity contribution in [2.45, 2.75) is 57.2 Å². The zero-order chi connectivity index (χ0) is 29.8. The molecule has 12 nitrogen and oxygen atoms in total. The zero-order valence-corrected chi connectivity index (χ0v) is 26.7. The van der Waals surface area contributed by atoms with E-state index in [1.165, 1.54) is 5.38 Å². The van der Waals surface area contributed by atoms with Gasteiger partial charge < -0.3 is 34.5 Å². The van der Waals surface area contributed by atoms with Gasteiger partial charge in [-0.05, 0) is 49.9 Å². The van der Waals surface area contributed by atoms with Gasteiger partial charge in [-0.1, -0.05) is 27.7 Å². The van der Waals surface area contributed by atoms with E-state index in [1.54, 1.807) is 13.2 Å². The van der Waals surface area contributed by atoms with E-state index in [0.29, 0.717) is 0 Å². The Morgan fingerprint density at radius 3 is 2.59 bits per heavy atom. The van der Waals surface area contributed by atoms with Crippen molar-refractivity contribution >= 4 is 49.8 Å². The minimum absolute atomic E-state index is 0.128. The van der Waals surface area contributed by atoms with Gasteiger partial charge in [0.1, 0.15) is 5.76 Å². The summed E-state index contributed by atoms with van der Waals surface area (Å²) in [6, 6.07) is 1.72. The molecule has 2 atom stereocenters. The standard InChI is InChI=1S/C26H41N7O5S3/c1-6-27-41(36,37)25-21(34)19(17-39-25)28-23-24(31-40(35)30-23)29-22(26(2,3)4)20-15-18(16-38-20)9-7-8-10-33-13-11-32(5)12-14-33/h15-17,22,27,34H,6-14H2,1-5H3,(H,28,30)(H,29,31)/t22-,40?/m0/s1. The Balaban J connectivity index is 1.43. The molecular weight excluding hydrogens is 587 g/mol. The SMILES string of the molecule is CCNS(=O)(=O)c1scc(Nc2n[s+]([O-])nc2N[C@@H](c2cc(CCCCN3CCN(C)CC3)co2)C(C)(C)C)c1O. The van der Waals surface area contributed by atoms with Crippen molar-refractivity contribution in [3.8, 4) is 5.75 Å². The fourth-order valence-corrected chi connectivity index (χ4v) is 7.65. The van der Waals surface area contributed by atoms with Gasteiger partial charge in [0.2, 0.25) is 11.6 Å². The lowest BCUT2D eigenvalue weighted by molar-refractivity contribution is 0.152. The molecule has 1 fully saturated rings. The van der Waals surface area contributed by atoms with Crippen LogP contribution in [0.4, 0.5) is 17.3 Å². The Labute approximate surface area is 249 Å². The summed E-state index contributed by atoms with van der Waals surface area (Å²) in [6.45, 7) is 13.6. The van der Waals surface area contributed by atoms with Crippen LogP contribution in [-0.2, 0) is 16.4 Å². The number of sulfonamides is 1. The number of aromatic nitrogens is 2. The minimum atomic E-state index is -3.85. The third kappa shape index (κ3) is 8.18. The summed E-state index contributed by atoms with van der Waals surface area (Å²) in [5.74, 6) is 0.652. The topological polar surface area (TPSA) is 159 Å². The first-order valence-electron chi connectivity index (χ1n) is 13.8. The zero-order valence-electron chi connectivity index (χ0n) is 24.3. The molecule has 1 saturated heterocycles. The van der Waals surface area contributed by atoms with E-state index in [0.717, 1.165) is 74.6 Å². The molecule has 15 heteroatoms. The van der Waals surface area contributed by atoms with Crippen LogP contribution in [0.5, 0.6) is 5.75 Å². The number of nitrogens with zero attached hydrogens (tertiary/aromatic N) is 4. The van der Waals surface area contributed by atoms with Crippen molar-refractivity contribution in [1.29, 1.82) is 0 Å². The average Bonchev–Trinajstić information content (AvgIpc) is 3.60. The second-order valence-corrected chi connectivity index (χ2v) is 15.1. The molecule has 41 heavy (non-hydrogen) atoms. The Morgan fingerprint density at radius 1 is 1.20 bits per heavy atom. The molecule has 0 amide bonds. The van der Waals surface area contributed by atoms with Gasteiger partial charge in [0.25, 0.3) is 10.0 Å². The van der Waals surface area contributed by atoms with Crippen LogP contribution in [0, 0.1) is 5.41 Å². The quantitative estimate of drug-likeness (QED) is 0.157. The van der Waals surface area contributed by atoms with Crippen molar-refractivity contribution in [3.05, 3.63) is 29.0 Å². The second-order valence-electron chi connectivity index (χ2n) is 11.4. The summed E-state index contributed by atoms with van der Waals surface area (Å²) in [6.07, 6.45) is 4.92. The highest BCUT2D eigenvalue weighted by Crippen LogP contribution is 2.42. The van der Waals surface area contributed by atoms with E-state index < -0.39 is 26.9 Å². The molecule has 4 N–H and O–H groups in total. The maximum absolute atomic E-state index is 12.4. The third-order valence-corrected chi connectivity index (χ3v) is 10.8. The molecule has 0 spiro atoms. The molecule has 3 aromatic rings. The molecule has 0 aliphatic carbocycles. The molecule has 4 rings (SSSR count). The van der Waals surface area contributed by atoms with Gasteiger partial charge in [-0.15, -0.1) is 11.3 Å². The van der Waals surface area contributed by atoms with E-state index >= 15 is 0 Å². The van der Waals surface area contributed by atoms with Crippen LogP contribution in [0.3, 0.4) is 0 Å². The number of anilines is 3. The van der Waals surface area contributed by atoms with Crippen LogP contribution in [-0.4, -0.2) is 82.9 Å². The molecule has 0 aromatic carbocycles. The monoisotopic (exact) mass is 627 g/mol. The largest absolute Gasteiger partial charge is 0.546 e. The van der Waals surface area contributed by atoms with Gasteiger partial charge in [-0.25, -0.2) is 13.1 Å². The van der Waals surface area contributed by atoms with Gasteiger partial charge in [0, 0.05) is 46.9 Å². The van der Waals surface area contributed by atoms with Crippen molar-refractivity contribution in [2.75, 3.05) is 56.9 Å². The number of aromatic hydroxyl groups is 1. The molecule has 0 bridgehead atoms. The molecule has 4 heterocycles. The van der Waals surface area contributed by atoms with Gasteiger partial charge in [-0.2, -0.15) is 0 Å². The average molecular weight is 628 g/mol. The highest BCUT2D eigenvalue weighted by atomic mass is 32.2. The number of rotatable bonds is 13. The van der Waals surface area contributed by atoms with Crippen molar-refractivity contribution in [2.24, 2.45) is 5.41 Å². The number of thiophene rings is 1. The number of likely N-dealkylation sites (N-methyl/N-ethyl adjacent to an activating group) is 1. The van der Waals surface area contributed by atoms with E-state index in [2.05, 4.69) is 67.8 Å². The molecule has 0 saturated carbocycles. The summed E-state index contributed by atoms with van der Waals surface area (Å²) < 4.78 is 53.4. The number of aryl methyl sites for hydroxylation is 1. The summed E-state index contributed by atoms with van der Waals surface area (Å²) in [5, 5.41) is 18.3. The third-order valence-electron chi connectivity index (χ3n) is 7.02. The summed E-state index contributed by atoms with van der Waals surface area (Å²) >= 11 is -1.01. The number of piperazine rings is 1. The van der Waals surface area contributed by atoms with Crippen LogP contribution < -0.4 is 15.4 Å². The molecule has 0 radical (unpaired) electrons. The van der Waals surface area contributed by atoms with Crippen LogP contribution in [0.1, 0.15) is 57.9 Å². The van der Waals surface area contributed by atoms with E-state index in [4.69, 9.17) is 4.42 Å². The van der Waals surface area contributed by atoms with E-state index in [1.807, 2.05) is 0 Å². The van der Waals surface area contributed by atoms with Crippen LogP contribution in [0.25, 0.3) is 0 Å². The van der Waals surface area contributed by atoms with Crippen LogP contribution in [0.15, 0.2) is 26.3 Å². The lowest BCUT2D eigenvalue weighted by Gasteiger charge is -2.32. The van der Waals surface area contributed by atoms with Gasteiger partial charge in [-0.3, -0.25) is 0 Å². The summed E-state index contributed by atoms with van der Waals surface area (Å²) in [4.78, 5) is 4.89. The molecule has 228 valence electrons. The van der Waals surface area contributed by atoms with Crippen molar-refractivity contribution in [1.82, 2.24) is 23.3 Å². The van der Waals surface area contributed by atoms with Crippen LogP contribution >= 0.6 is 22.5 Å². The number of furan rings is 1.